The minimum Gasteiger partial charge on any atom is -0.293 e. The normalized spacial score (nSPS) is 6.90. The number of hydrogen-bond donors (Lipinski definition) is 0. The summed E-state index contributed by atoms with van der Waals surface area (Å²) in [5, 5.41) is 0. The molecule has 0 atom stereocenters. The number of rotatable bonds is 1. The van der Waals surface area contributed by atoms with Crippen LogP contribution in [0.4, 0.5) is 0 Å². The summed E-state index contributed by atoms with van der Waals surface area (Å²) < 4.78 is 2.87. The van der Waals surface area contributed by atoms with E-state index in [1.807, 2.05) is 13.0 Å². The number of allylic oxidation sites excluding steroid dienone is 3. The largest absolute Gasteiger partial charge is 0.293 e. The molecule has 0 aromatic rings. The van der Waals surface area contributed by atoms with E-state index in [0.29, 0.717) is 0 Å². The maximum Gasteiger partial charge on any atom is -0.0633 e. The van der Waals surface area contributed by atoms with Gasteiger partial charge >= 0.3 is 34.8 Å². The van der Waals surface area contributed by atoms with Crippen LogP contribution < -0.4 is 0 Å². The van der Waals surface area contributed by atoms with Gasteiger partial charge in [-0.3, -0.25) is 6.58 Å². The SMILES string of the molecule is O=[C]=[Ru]=[C]=O.[CH-]=CC=CC. The molecular formula is C7H7O2Ru-. The third kappa shape index (κ3) is 26.8. The standard InChI is InChI=1S/C5H7.2CO.Ru/c1-3-5-4-2;2*1-2;/h1,3-5H,2H3;;;/q-1;;;. The molecule has 0 fully saturated rings. The molecule has 0 aliphatic heterocycles. The van der Waals surface area contributed by atoms with E-state index in [4.69, 9.17) is 16.2 Å². The van der Waals surface area contributed by atoms with Gasteiger partial charge in [0.05, 0.1) is 0 Å². The summed E-state index contributed by atoms with van der Waals surface area (Å²) in [6.07, 6.45) is 5.15. The van der Waals surface area contributed by atoms with Crippen LogP contribution in [-0.4, -0.2) is 8.95 Å². The van der Waals surface area contributed by atoms with E-state index >= 15 is 0 Å². The van der Waals surface area contributed by atoms with Gasteiger partial charge in [-0.25, -0.2) is 12.2 Å². The van der Waals surface area contributed by atoms with Crippen LogP contribution in [0.2, 0.25) is 0 Å². The van der Waals surface area contributed by atoms with Gasteiger partial charge in [0, 0.05) is 0 Å². The van der Waals surface area contributed by atoms with E-state index in [-0.39, 0.29) is 0 Å². The first-order valence-corrected chi connectivity index (χ1v) is 4.08. The molecule has 0 N–H and O–H groups in total. The Morgan fingerprint density at radius 3 is 1.90 bits per heavy atom. The fraction of sp³-hybridized carbons (Fsp3) is 0.143. The van der Waals surface area contributed by atoms with E-state index in [0.717, 1.165) is 0 Å². The van der Waals surface area contributed by atoms with Crippen LogP contribution in [0.5, 0.6) is 0 Å². The minimum atomic E-state index is -0.842. The zero-order valence-electron chi connectivity index (χ0n) is 5.48. The van der Waals surface area contributed by atoms with Crippen molar-refractivity contribution in [3.8, 4) is 0 Å². The molecule has 2 nitrogen and oxygen atoms in total. The van der Waals surface area contributed by atoms with Gasteiger partial charge in [-0.1, -0.05) is 6.92 Å². The van der Waals surface area contributed by atoms with Crippen LogP contribution in [0.25, 0.3) is 0 Å². The molecule has 0 aliphatic rings. The van der Waals surface area contributed by atoms with Gasteiger partial charge in [-0.2, -0.15) is 6.08 Å². The Morgan fingerprint density at radius 1 is 1.40 bits per heavy atom. The van der Waals surface area contributed by atoms with Crippen LogP contribution >= 0.6 is 0 Å². The summed E-state index contributed by atoms with van der Waals surface area (Å²) in [4.78, 5) is 18.1. The van der Waals surface area contributed by atoms with Gasteiger partial charge in [0.2, 0.25) is 0 Å². The third-order valence-electron chi connectivity index (χ3n) is 0.376. The van der Waals surface area contributed by atoms with Crippen molar-refractivity contribution in [1.29, 1.82) is 0 Å². The summed E-state index contributed by atoms with van der Waals surface area (Å²) >= 11 is -0.842. The molecular weight excluding hydrogens is 217 g/mol. The van der Waals surface area contributed by atoms with Crippen LogP contribution in [-0.2, 0) is 25.8 Å². The fourth-order valence-electron chi connectivity index (χ4n) is 0.126. The van der Waals surface area contributed by atoms with Gasteiger partial charge in [-0.05, 0) is 0 Å². The molecule has 0 bridgehead atoms. The van der Waals surface area contributed by atoms with Gasteiger partial charge in [-0.15, -0.1) is 0 Å². The molecule has 0 aromatic carbocycles. The Morgan fingerprint density at radius 2 is 1.90 bits per heavy atom. The number of carbonyl (C=O) groups excluding carboxylic acids is 2. The Balaban J connectivity index is 0. The van der Waals surface area contributed by atoms with E-state index < -0.39 is 16.2 Å². The van der Waals surface area contributed by atoms with Crippen LogP contribution in [0.1, 0.15) is 6.92 Å². The first-order valence-electron chi connectivity index (χ1n) is 2.34. The predicted octanol–water partition coefficient (Wildman–Crippen LogP) is 0.755. The van der Waals surface area contributed by atoms with E-state index in [1.54, 1.807) is 6.08 Å². The molecule has 0 unspecified atom stereocenters. The molecule has 0 aliphatic carbocycles. The Kier molecular flexibility index (Phi) is 18.9. The smallest absolute Gasteiger partial charge is 0.0633 e. The fourth-order valence-corrected chi connectivity index (χ4v) is 0.198. The van der Waals surface area contributed by atoms with Crippen molar-refractivity contribution in [1.82, 2.24) is 0 Å². The topological polar surface area (TPSA) is 34.1 Å². The second kappa shape index (κ2) is 15.7. The van der Waals surface area contributed by atoms with Crippen molar-refractivity contribution >= 4 is 8.95 Å². The molecule has 0 heterocycles. The van der Waals surface area contributed by atoms with Crippen molar-refractivity contribution < 1.29 is 25.8 Å². The van der Waals surface area contributed by atoms with E-state index in [9.17, 15) is 0 Å². The summed E-state index contributed by atoms with van der Waals surface area (Å²) in [5.41, 5.74) is 0. The van der Waals surface area contributed by atoms with Crippen molar-refractivity contribution in [3.05, 3.63) is 24.8 Å². The average molecular weight is 224 g/mol. The summed E-state index contributed by atoms with van der Waals surface area (Å²) in [6, 6.07) is 0. The van der Waals surface area contributed by atoms with Crippen molar-refractivity contribution in [3.63, 3.8) is 0 Å². The molecule has 0 spiro atoms. The molecule has 3 heteroatoms. The summed E-state index contributed by atoms with van der Waals surface area (Å²) in [5.74, 6) is 0. The van der Waals surface area contributed by atoms with Gasteiger partial charge in [0.25, 0.3) is 0 Å². The molecule has 0 amide bonds. The second-order valence-corrected chi connectivity index (χ2v) is 2.10. The Labute approximate surface area is 66.9 Å². The van der Waals surface area contributed by atoms with Crippen LogP contribution in [0.15, 0.2) is 18.2 Å². The molecule has 0 saturated heterocycles. The second-order valence-electron chi connectivity index (χ2n) is 0.951. The van der Waals surface area contributed by atoms with Crippen LogP contribution in [0, 0.1) is 6.58 Å². The van der Waals surface area contributed by atoms with Crippen molar-refractivity contribution in [2.45, 2.75) is 6.92 Å². The first kappa shape index (κ1) is 12.0. The summed E-state index contributed by atoms with van der Waals surface area (Å²) in [6.45, 7) is 6.85. The number of hydrogen-bond acceptors (Lipinski definition) is 2. The summed E-state index contributed by atoms with van der Waals surface area (Å²) in [7, 11) is 0. The average Bonchev–Trinajstić information content (AvgIpc) is 1.93. The third-order valence-corrected chi connectivity index (χ3v) is 0.731. The maximum absolute atomic E-state index is 9.06. The minimum absolute atomic E-state index is 0.842. The molecule has 0 radical (unpaired) electrons. The molecule has 10 heavy (non-hydrogen) atoms. The van der Waals surface area contributed by atoms with Gasteiger partial charge < -0.3 is 0 Å². The molecule has 0 aromatic heterocycles. The van der Waals surface area contributed by atoms with Crippen molar-refractivity contribution in [2.75, 3.05) is 0 Å². The van der Waals surface area contributed by atoms with E-state index in [1.165, 1.54) is 15.0 Å². The zero-order valence-corrected chi connectivity index (χ0v) is 7.22. The molecule has 0 rings (SSSR count). The Bertz CT molecular complexity index is 190. The quantitative estimate of drug-likeness (QED) is 0.374. The zero-order chi connectivity index (χ0) is 8.24. The van der Waals surface area contributed by atoms with Gasteiger partial charge in [0.1, 0.15) is 0 Å². The molecule has 56 valence electrons. The Hall–Kier alpha value is -0.737. The van der Waals surface area contributed by atoms with E-state index in [2.05, 4.69) is 0 Å². The monoisotopic (exact) mass is 225 g/mol. The van der Waals surface area contributed by atoms with Crippen LogP contribution in [0.3, 0.4) is 0 Å². The maximum atomic E-state index is 9.06. The van der Waals surface area contributed by atoms with Crippen molar-refractivity contribution in [2.24, 2.45) is 0 Å². The molecule has 0 saturated carbocycles. The first-order chi connectivity index (χ1) is 4.83. The van der Waals surface area contributed by atoms with Gasteiger partial charge in [0.15, 0.2) is 0 Å². The predicted molar refractivity (Wildman–Crippen MR) is 35.1 cm³/mol.